The van der Waals surface area contributed by atoms with Crippen LogP contribution in [0.4, 0.5) is 0 Å². The zero-order chi connectivity index (χ0) is 31.8. The minimum Gasteiger partial charge on any atom is -0.318 e. The van der Waals surface area contributed by atoms with Gasteiger partial charge in [0.1, 0.15) is 5.82 Å². The monoisotopic (exact) mass is 614 g/mol. The molecule has 3 heterocycles. The smallest absolute Gasteiger partial charge is 0.318 e. The quantitative estimate of drug-likeness (QED) is 0.218. The molecule has 1 fully saturated rings. The first-order chi connectivity index (χ1) is 22.2. The molecule has 1 aliphatic carbocycles. The largest absolute Gasteiger partial charge is 0.332 e. The second-order valence-electron chi connectivity index (χ2n) is 13.5. The van der Waals surface area contributed by atoms with Gasteiger partial charge in [-0.25, -0.2) is 9.78 Å². The van der Waals surface area contributed by atoms with E-state index in [9.17, 15) is 9.59 Å². The zero-order valence-corrected chi connectivity index (χ0v) is 26.5. The first-order valence-electron chi connectivity index (χ1n) is 15.9. The van der Waals surface area contributed by atoms with Crippen molar-refractivity contribution in [1.29, 1.82) is 0 Å². The van der Waals surface area contributed by atoms with Crippen LogP contribution in [-0.2, 0) is 32.5 Å². The standard InChI is InChI=1S/C36H38N8O2/c1-36(2,3)21-30-37-33-31(34(45)42(20-19-24-9-5-4-6-10-24)35(46)44(33)23-25-13-14-25)43(30)22-26-15-17-27(18-16-26)28-11-7-8-12-29(28)32-38-40-41-39-32/h4-12,15-18,25H,13-14,19-23H2,1-3H3,(H,38,39,40,41). The number of H-pyrrole nitrogens is 1. The van der Waals surface area contributed by atoms with Crippen LogP contribution in [0, 0.1) is 11.3 Å². The van der Waals surface area contributed by atoms with Crippen molar-refractivity contribution in [3.63, 3.8) is 0 Å². The average molecular weight is 615 g/mol. The molecule has 0 spiro atoms. The summed E-state index contributed by atoms with van der Waals surface area (Å²) in [7, 11) is 0. The van der Waals surface area contributed by atoms with E-state index in [-0.39, 0.29) is 16.7 Å². The van der Waals surface area contributed by atoms with Gasteiger partial charge in [-0.2, -0.15) is 5.21 Å². The van der Waals surface area contributed by atoms with Gasteiger partial charge in [0.15, 0.2) is 11.2 Å². The van der Waals surface area contributed by atoms with Crippen molar-refractivity contribution in [3.8, 4) is 22.5 Å². The van der Waals surface area contributed by atoms with E-state index in [1.54, 1.807) is 4.57 Å². The van der Waals surface area contributed by atoms with Crippen LogP contribution in [0.2, 0.25) is 0 Å². The third-order valence-electron chi connectivity index (χ3n) is 8.61. The van der Waals surface area contributed by atoms with E-state index in [4.69, 9.17) is 4.98 Å². The summed E-state index contributed by atoms with van der Waals surface area (Å²) in [5.41, 5.74) is 5.42. The maximum atomic E-state index is 14.3. The van der Waals surface area contributed by atoms with Gasteiger partial charge < -0.3 is 4.57 Å². The summed E-state index contributed by atoms with van der Waals surface area (Å²) >= 11 is 0. The van der Waals surface area contributed by atoms with Gasteiger partial charge in [-0.15, -0.1) is 10.2 Å². The third-order valence-corrected chi connectivity index (χ3v) is 8.61. The summed E-state index contributed by atoms with van der Waals surface area (Å²) in [6, 6.07) is 26.3. The van der Waals surface area contributed by atoms with E-state index in [0.717, 1.165) is 46.5 Å². The lowest BCUT2D eigenvalue weighted by atomic mass is 9.92. The van der Waals surface area contributed by atoms with E-state index < -0.39 is 0 Å². The Morgan fingerprint density at radius 1 is 0.826 bits per heavy atom. The van der Waals surface area contributed by atoms with Crippen molar-refractivity contribution in [1.82, 2.24) is 39.3 Å². The fourth-order valence-corrected chi connectivity index (χ4v) is 6.10. The molecule has 10 heteroatoms. The van der Waals surface area contributed by atoms with E-state index in [2.05, 4.69) is 65.7 Å². The van der Waals surface area contributed by atoms with Crippen molar-refractivity contribution in [2.24, 2.45) is 11.3 Å². The second kappa shape index (κ2) is 12.0. The minimum atomic E-state index is -0.277. The molecule has 6 aromatic rings. The van der Waals surface area contributed by atoms with E-state index in [1.807, 2.05) is 59.2 Å². The Morgan fingerprint density at radius 3 is 2.22 bits per heavy atom. The van der Waals surface area contributed by atoms with Gasteiger partial charge in [0, 0.05) is 31.6 Å². The molecule has 10 nitrogen and oxygen atoms in total. The Kier molecular flexibility index (Phi) is 7.72. The number of aromatic amines is 1. The molecule has 234 valence electrons. The van der Waals surface area contributed by atoms with Crippen LogP contribution in [0.15, 0.2) is 88.5 Å². The third kappa shape index (κ3) is 6.07. The highest BCUT2D eigenvalue weighted by atomic mass is 16.2. The highest BCUT2D eigenvalue weighted by molar-refractivity contribution is 5.80. The summed E-state index contributed by atoms with van der Waals surface area (Å²) in [5.74, 6) is 1.80. The van der Waals surface area contributed by atoms with Gasteiger partial charge in [0.05, 0.1) is 0 Å². The summed E-state index contributed by atoms with van der Waals surface area (Å²) in [4.78, 5) is 33.2. The predicted octanol–water partition coefficient (Wildman–Crippen LogP) is 5.50. The van der Waals surface area contributed by atoms with Crippen LogP contribution >= 0.6 is 0 Å². The van der Waals surface area contributed by atoms with Crippen LogP contribution in [-0.4, -0.2) is 39.3 Å². The molecule has 1 N–H and O–H groups in total. The SMILES string of the molecule is CC(C)(C)Cc1nc2c(c(=O)n(CCc3ccccc3)c(=O)n2CC2CC2)n1Cc1ccc(-c2ccccc2-c2nn[nH]n2)cc1. The predicted molar refractivity (Wildman–Crippen MR) is 178 cm³/mol. The van der Waals surface area contributed by atoms with Crippen LogP contribution in [0.25, 0.3) is 33.7 Å². The van der Waals surface area contributed by atoms with Gasteiger partial charge >= 0.3 is 5.69 Å². The first kappa shape index (κ1) is 29.6. The summed E-state index contributed by atoms with van der Waals surface area (Å²) in [6.07, 6.45) is 3.45. The molecule has 0 aliphatic heterocycles. The van der Waals surface area contributed by atoms with E-state index in [0.29, 0.717) is 55.4 Å². The number of rotatable bonds is 10. The molecule has 0 saturated heterocycles. The van der Waals surface area contributed by atoms with Gasteiger partial charge in [-0.3, -0.25) is 13.9 Å². The lowest BCUT2D eigenvalue weighted by Crippen LogP contribution is -2.41. The molecule has 1 aliphatic rings. The summed E-state index contributed by atoms with van der Waals surface area (Å²) in [6.45, 7) is 7.87. The number of benzene rings is 3. The number of aryl methyl sites for hydroxylation is 1. The van der Waals surface area contributed by atoms with Crippen molar-refractivity contribution in [2.75, 3.05) is 0 Å². The van der Waals surface area contributed by atoms with Crippen molar-refractivity contribution in [3.05, 3.63) is 117 Å². The molecule has 46 heavy (non-hydrogen) atoms. The van der Waals surface area contributed by atoms with E-state index in [1.165, 1.54) is 4.57 Å². The number of hydrogen-bond donors (Lipinski definition) is 1. The normalized spacial score (nSPS) is 13.5. The number of tetrazole rings is 1. The molecular weight excluding hydrogens is 576 g/mol. The molecular formula is C36H38N8O2. The highest BCUT2D eigenvalue weighted by Gasteiger charge is 2.28. The van der Waals surface area contributed by atoms with Crippen LogP contribution in [0.1, 0.15) is 50.6 Å². The van der Waals surface area contributed by atoms with Gasteiger partial charge in [-0.1, -0.05) is 99.6 Å². The summed E-state index contributed by atoms with van der Waals surface area (Å²) < 4.78 is 5.24. The first-order valence-corrected chi connectivity index (χ1v) is 15.9. The Balaban J connectivity index is 1.31. The average Bonchev–Trinajstić information content (AvgIpc) is 3.57. The number of nitrogens with one attached hydrogen (secondary N) is 1. The molecule has 7 rings (SSSR count). The Bertz CT molecular complexity index is 2100. The zero-order valence-electron chi connectivity index (χ0n) is 26.5. The van der Waals surface area contributed by atoms with Crippen LogP contribution in [0.3, 0.4) is 0 Å². The number of nitrogens with zero attached hydrogens (tertiary/aromatic N) is 7. The summed E-state index contributed by atoms with van der Waals surface area (Å²) in [5, 5.41) is 14.6. The molecule has 0 bridgehead atoms. The number of hydrogen-bond acceptors (Lipinski definition) is 6. The lowest BCUT2D eigenvalue weighted by Gasteiger charge is -2.19. The molecule has 0 atom stereocenters. The maximum Gasteiger partial charge on any atom is 0.332 e. The Hall–Kier alpha value is -5.12. The molecule has 1 saturated carbocycles. The second-order valence-corrected chi connectivity index (χ2v) is 13.5. The Labute approximate surface area is 266 Å². The van der Waals surface area contributed by atoms with Gasteiger partial charge in [0.2, 0.25) is 5.82 Å². The molecule has 3 aromatic heterocycles. The topological polar surface area (TPSA) is 116 Å². The van der Waals surface area contributed by atoms with Crippen LogP contribution in [0.5, 0.6) is 0 Å². The van der Waals surface area contributed by atoms with Crippen molar-refractivity contribution < 1.29 is 0 Å². The maximum absolute atomic E-state index is 14.3. The van der Waals surface area contributed by atoms with Crippen LogP contribution < -0.4 is 11.2 Å². The van der Waals surface area contributed by atoms with Gasteiger partial charge in [0.25, 0.3) is 5.56 Å². The number of imidazole rings is 1. The van der Waals surface area contributed by atoms with E-state index >= 15 is 0 Å². The number of aromatic nitrogens is 8. The minimum absolute atomic E-state index is 0.0736. The molecule has 3 aromatic carbocycles. The number of fused-ring (bicyclic) bond motifs is 1. The fourth-order valence-electron chi connectivity index (χ4n) is 6.10. The van der Waals surface area contributed by atoms with Crippen molar-refractivity contribution >= 4 is 11.2 Å². The van der Waals surface area contributed by atoms with Gasteiger partial charge in [-0.05, 0) is 58.1 Å². The molecule has 0 radical (unpaired) electrons. The van der Waals surface area contributed by atoms with Crippen molar-refractivity contribution in [2.45, 2.75) is 66.1 Å². The molecule has 0 unspecified atom stereocenters. The highest BCUT2D eigenvalue weighted by Crippen LogP contribution is 2.32. The fraction of sp³-hybridized carbons (Fsp3) is 0.333. The molecule has 0 amide bonds. The lowest BCUT2D eigenvalue weighted by molar-refractivity contribution is 0.394. The Morgan fingerprint density at radius 2 is 1.54 bits per heavy atom.